The van der Waals surface area contributed by atoms with Crippen molar-refractivity contribution < 1.29 is 4.74 Å². The van der Waals surface area contributed by atoms with Gasteiger partial charge in [0.05, 0.1) is 7.11 Å². The van der Waals surface area contributed by atoms with Crippen molar-refractivity contribution in [3.05, 3.63) is 29.3 Å². The van der Waals surface area contributed by atoms with Crippen LogP contribution in [0.4, 0.5) is 0 Å². The first kappa shape index (κ1) is 14.4. The molecular formula is C17H27NO. The molecule has 1 N–H and O–H groups in total. The summed E-state index contributed by atoms with van der Waals surface area (Å²) in [7, 11) is 1.74. The van der Waals surface area contributed by atoms with Crippen LogP contribution >= 0.6 is 0 Å². The molecule has 1 saturated carbocycles. The molecule has 0 amide bonds. The fourth-order valence-corrected chi connectivity index (χ4v) is 3.38. The second-order valence-electron chi connectivity index (χ2n) is 5.68. The van der Waals surface area contributed by atoms with Crippen molar-refractivity contribution in [1.29, 1.82) is 0 Å². The summed E-state index contributed by atoms with van der Waals surface area (Å²) in [6, 6.07) is 6.57. The van der Waals surface area contributed by atoms with E-state index in [2.05, 4.69) is 37.4 Å². The van der Waals surface area contributed by atoms with Gasteiger partial charge in [-0.25, -0.2) is 0 Å². The molecule has 0 bridgehead atoms. The zero-order chi connectivity index (χ0) is 13.7. The number of hydrogen-bond acceptors (Lipinski definition) is 2. The van der Waals surface area contributed by atoms with E-state index < -0.39 is 0 Å². The van der Waals surface area contributed by atoms with Crippen molar-refractivity contribution in [2.24, 2.45) is 5.92 Å². The molecule has 1 aliphatic rings. The van der Waals surface area contributed by atoms with Crippen LogP contribution in [0.15, 0.2) is 18.2 Å². The smallest absolute Gasteiger partial charge is 0.119 e. The molecule has 0 radical (unpaired) electrons. The number of hydrogen-bond donors (Lipinski definition) is 1. The van der Waals surface area contributed by atoms with Gasteiger partial charge in [-0.1, -0.05) is 25.8 Å². The predicted octanol–water partition coefficient (Wildman–Crippen LogP) is 3.89. The molecule has 1 fully saturated rings. The van der Waals surface area contributed by atoms with E-state index in [-0.39, 0.29) is 0 Å². The SMILES string of the molecule is CCNCC1CCCCC1c1ccc(OC)cc1C. The maximum absolute atomic E-state index is 5.32. The molecule has 19 heavy (non-hydrogen) atoms. The van der Waals surface area contributed by atoms with E-state index >= 15 is 0 Å². The molecule has 2 nitrogen and oxygen atoms in total. The first-order chi connectivity index (χ1) is 9.26. The molecular weight excluding hydrogens is 234 g/mol. The summed E-state index contributed by atoms with van der Waals surface area (Å²) in [4.78, 5) is 0. The number of rotatable bonds is 5. The van der Waals surface area contributed by atoms with Gasteiger partial charge in [-0.15, -0.1) is 0 Å². The highest BCUT2D eigenvalue weighted by atomic mass is 16.5. The van der Waals surface area contributed by atoms with E-state index in [9.17, 15) is 0 Å². The Balaban J connectivity index is 2.17. The lowest BCUT2D eigenvalue weighted by Crippen LogP contribution is -2.29. The summed E-state index contributed by atoms with van der Waals surface area (Å²) in [6.07, 6.45) is 5.47. The monoisotopic (exact) mass is 261 g/mol. The molecule has 106 valence electrons. The lowest BCUT2D eigenvalue weighted by Gasteiger charge is -2.33. The summed E-state index contributed by atoms with van der Waals surface area (Å²) in [5.74, 6) is 2.49. The van der Waals surface area contributed by atoms with Gasteiger partial charge in [-0.2, -0.15) is 0 Å². The summed E-state index contributed by atoms with van der Waals surface area (Å²) >= 11 is 0. The average molecular weight is 261 g/mol. The Morgan fingerprint density at radius 3 is 2.74 bits per heavy atom. The van der Waals surface area contributed by atoms with Gasteiger partial charge in [0.25, 0.3) is 0 Å². The maximum Gasteiger partial charge on any atom is 0.119 e. The molecule has 1 aromatic rings. The molecule has 1 aliphatic carbocycles. The Hall–Kier alpha value is -1.02. The highest BCUT2D eigenvalue weighted by Gasteiger charge is 2.27. The van der Waals surface area contributed by atoms with Gasteiger partial charge in [-0.05, 0) is 68.0 Å². The van der Waals surface area contributed by atoms with E-state index in [1.165, 1.54) is 36.8 Å². The van der Waals surface area contributed by atoms with E-state index in [4.69, 9.17) is 4.74 Å². The number of nitrogens with one attached hydrogen (secondary N) is 1. The quantitative estimate of drug-likeness (QED) is 0.868. The average Bonchev–Trinajstić information content (AvgIpc) is 2.45. The van der Waals surface area contributed by atoms with Crippen molar-refractivity contribution in [3.63, 3.8) is 0 Å². The second-order valence-corrected chi connectivity index (χ2v) is 5.68. The molecule has 2 atom stereocenters. The largest absolute Gasteiger partial charge is 0.497 e. The molecule has 2 rings (SSSR count). The lowest BCUT2D eigenvalue weighted by atomic mass is 9.74. The molecule has 0 aromatic heterocycles. The number of aryl methyl sites for hydroxylation is 1. The summed E-state index contributed by atoms with van der Waals surface area (Å²) in [5.41, 5.74) is 2.91. The van der Waals surface area contributed by atoms with Crippen LogP contribution in [-0.4, -0.2) is 20.2 Å². The third kappa shape index (κ3) is 3.50. The highest BCUT2D eigenvalue weighted by Crippen LogP contribution is 2.39. The van der Waals surface area contributed by atoms with E-state index in [1.54, 1.807) is 7.11 Å². The van der Waals surface area contributed by atoms with Gasteiger partial charge in [0.1, 0.15) is 5.75 Å². The van der Waals surface area contributed by atoms with Crippen LogP contribution < -0.4 is 10.1 Å². The minimum absolute atomic E-state index is 0.721. The van der Waals surface area contributed by atoms with Gasteiger partial charge in [0.15, 0.2) is 0 Å². The zero-order valence-electron chi connectivity index (χ0n) is 12.5. The fourth-order valence-electron chi connectivity index (χ4n) is 3.38. The topological polar surface area (TPSA) is 21.3 Å². The standard InChI is InChI=1S/C17H27NO/c1-4-18-12-14-7-5-6-8-17(14)16-10-9-15(19-3)11-13(16)2/h9-11,14,17-18H,4-8,12H2,1-3H3. The Labute approximate surface area is 117 Å². The van der Waals surface area contributed by atoms with E-state index in [0.717, 1.165) is 30.7 Å². The van der Waals surface area contributed by atoms with Crippen LogP contribution in [0.1, 0.15) is 49.7 Å². The van der Waals surface area contributed by atoms with Crippen LogP contribution in [0.3, 0.4) is 0 Å². The maximum atomic E-state index is 5.32. The summed E-state index contributed by atoms with van der Waals surface area (Å²) in [5, 5.41) is 3.54. The first-order valence-electron chi connectivity index (χ1n) is 7.61. The second kappa shape index (κ2) is 6.95. The van der Waals surface area contributed by atoms with E-state index in [0.29, 0.717) is 0 Å². The van der Waals surface area contributed by atoms with Crippen LogP contribution in [-0.2, 0) is 0 Å². The normalized spacial score (nSPS) is 23.3. The Morgan fingerprint density at radius 1 is 1.26 bits per heavy atom. The zero-order valence-corrected chi connectivity index (χ0v) is 12.5. The van der Waals surface area contributed by atoms with Crippen LogP contribution in [0, 0.1) is 12.8 Å². The van der Waals surface area contributed by atoms with Crippen molar-refractivity contribution in [2.45, 2.75) is 45.4 Å². The number of methoxy groups -OCH3 is 1. The fraction of sp³-hybridized carbons (Fsp3) is 0.647. The van der Waals surface area contributed by atoms with Gasteiger partial charge in [0, 0.05) is 0 Å². The van der Waals surface area contributed by atoms with Gasteiger partial charge < -0.3 is 10.1 Å². The third-order valence-corrected chi connectivity index (χ3v) is 4.44. The molecule has 0 heterocycles. The third-order valence-electron chi connectivity index (χ3n) is 4.44. The lowest BCUT2D eigenvalue weighted by molar-refractivity contribution is 0.296. The minimum atomic E-state index is 0.721. The van der Waals surface area contributed by atoms with Crippen molar-refractivity contribution >= 4 is 0 Å². The number of ether oxygens (including phenoxy) is 1. The van der Waals surface area contributed by atoms with E-state index in [1.807, 2.05) is 0 Å². The van der Waals surface area contributed by atoms with Gasteiger partial charge in [-0.3, -0.25) is 0 Å². The molecule has 0 aliphatic heterocycles. The first-order valence-corrected chi connectivity index (χ1v) is 7.61. The molecule has 2 unspecified atom stereocenters. The van der Waals surface area contributed by atoms with Crippen LogP contribution in [0.25, 0.3) is 0 Å². The van der Waals surface area contributed by atoms with Gasteiger partial charge >= 0.3 is 0 Å². The van der Waals surface area contributed by atoms with Crippen molar-refractivity contribution in [3.8, 4) is 5.75 Å². The molecule has 2 heteroatoms. The predicted molar refractivity (Wildman–Crippen MR) is 81.0 cm³/mol. The Kier molecular flexibility index (Phi) is 5.26. The summed E-state index contributed by atoms with van der Waals surface area (Å²) < 4.78 is 5.32. The van der Waals surface area contributed by atoms with Gasteiger partial charge in [0.2, 0.25) is 0 Å². The van der Waals surface area contributed by atoms with Crippen LogP contribution in [0.2, 0.25) is 0 Å². The molecule has 0 spiro atoms. The minimum Gasteiger partial charge on any atom is -0.497 e. The molecule has 1 aromatic carbocycles. The molecule has 0 saturated heterocycles. The van der Waals surface area contributed by atoms with Crippen molar-refractivity contribution in [2.75, 3.05) is 20.2 Å². The number of benzene rings is 1. The highest BCUT2D eigenvalue weighted by molar-refractivity contribution is 5.37. The van der Waals surface area contributed by atoms with Crippen LogP contribution in [0.5, 0.6) is 5.75 Å². The Morgan fingerprint density at radius 2 is 2.05 bits per heavy atom. The summed E-state index contributed by atoms with van der Waals surface area (Å²) in [6.45, 7) is 6.64. The van der Waals surface area contributed by atoms with Crippen molar-refractivity contribution in [1.82, 2.24) is 5.32 Å². The Bertz CT molecular complexity index is 402.